The molecule has 0 N–H and O–H groups in total. The van der Waals surface area contributed by atoms with Crippen LogP contribution in [0.4, 0.5) is 4.39 Å². The van der Waals surface area contributed by atoms with Gasteiger partial charge in [-0.25, -0.2) is 9.18 Å². The summed E-state index contributed by atoms with van der Waals surface area (Å²) in [5, 5.41) is 0. The Labute approximate surface area is 122 Å². The summed E-state index contributed by atoms with van der Waals surface area (Å²) >= 11 is 0.900. The molecule has 21 heavy (non-hydrogen) atoms. The summed E-state index contributed by atoms with van der Waals surface area (Å²) in [5.74, 6) is -0.702. The van der Waals surface area contributed by atoms with E-state index in [2.05, 4.69) is 0 Å². The lowest BCUT2D eigenvalue weighted by molar-refractivity contribution is 0.484. The smallest absolute Gasteiger partial charge is 0.396 e. The maximum atomic E-state index is 13.1. The third-order valence-corrected chi connectivity index (χ3v) is 4.64. The highest BCUT2D eigenvalue weighted by molar-refractivity contribution is 7.87. The van der Waals surface area contributed by atoms with Crippen molar-refractivity contribution in [3.8, 4) is 5.75 Å². The molecule has 0 spiro atoms. The van der Waals surface area contributed by atoms with Crippen LogP contribution >= 0.6 is 11.3 Å². The van der Waals surface area contributed by atoms with Crippen LogP contribution in [0.1, 0.15) is 0 Å². The molecule has 3 rings (SSSR count). The fourth-order valence-corrected chi connectivity index (χ4v) is 3.31. The van der Waals surface area contributed by atoms with Gasteiger partial charge in [0, 0.05) is 6.07 Å². The quantitative estimate of drug-likeness (QED) is 0.692. The van der Waals surface area contributed by atoms with Gasteiger partial charge in [0.05, 0.1) is 4.70 Å². The van der Waals surface area contributed by atoms with Crippen LogP contribution in [-0.2, 0) is 10.1 Å². The van der Waals surface area contributed by atoms with Gasteiger partial charge in [-0.3, -0.25) is 0 Å². The zero-order chi connectivity index (χ0) is 15.0. The van der Waals surface area contributed by atoms with Crippen LogP contribution in [0.25, 0.3) is 10.3 Å². The predicted molar refractivity (Wildman–Crippen MR) is 74.6 cm³/mol. The molecular weight excluding hydrogens is 319 g/mol. The number of halogens is 1. The zero-order valence-electron chi connectivity index (χ0n) is 10.3. The predicted octanol–water partition coefficient (Wildman–Crippen LogP) is 2.76. The minimum Gasteiger partial charge on any atom is -0.414 e. The van der Waals surface area contributed by atoms with Crippen molar-refractivity contribution in [3.63, 3.8) is 0 Å². The number of rotatable bonds is 3. The minimum absolute atomic E-state index is 0.0201. The van der Waals surface area contributed by atoms with Gasteiger partial charge in [0.1, 0.15) is 16.5 Å². The summed E-state index contributed by atoms with van der Waals surface area (Å²) in [6.45, 7) is 0. The fourth-order valence-electron chi connectivity index (χ4n) is 1.70. The second-order valence-corrected chi connectivity index (χ2v) is 6.58. The molecule has 8 heteroatoms. The molecule has 0 aliphatic heterocycles. The van der Waals surface area contributed by atoms with Crippen LogP contribution in [0.3, 0.4) is 0 Å². The zero-order valence-corrected chi connectivity index (χ0v) is 11.9. The monoisotopic (exact) mass is 326 g/mol. The molecule has 0 unspecified atom stereocenters. The van der Waals surface area contributed by atoms with Gasteiger partial charge >= 0.3 is 15.1 Å². The van der Waals surface area contributed by atoms with Crippen LogP contribution in [0.5, 0.6) is 5.75 Å². The first-order valence-electron chi connectivity index (χ1n) is 5.68. The third-order valence-electron chi connectivity index (χ3n) is 2.59. The van der Waals surface area contributed by atoms with Gasteiger partial charge in [0.15, 0.2) is 5.58 Å². The van der Waals surface area contributed by atoms with Gasteiger partial charge in [0.25, 0.3) is 0 Å². The molecule has 0 saturated heterocycles. The van der Waals surface area contributed by atoms with Gasteiger partial charge in [-0.15, -0.1) is 0 Å². The topological polar surface area (TPSA) is 73.6 Å². The Morgan fingerprint density at radius 3 is 2.71 bits per heavy atom. The molecular formula is C13H7FO5S2. The Morgan fingerprint density at radius 2 is 1.95 bits per heavy atom. The summed E-state index contributed by atoms with van der Waals surface area (Å²) in [5.41, 5.74) is 0.233. The van der Waals surface area contributed by atoms with Gasteiger partial charge < -0.3 is 8.60 Å². The number of fused-ring (bicyclic) bond motifs is 1. The SMILES string of the molecule is O=c1oc2cc(OS(=O)(=O)c3cccc(F)c3)ccc2s1. The molecule has 0 aliphatic carbocycles. The van der Waals surface area contributed by atoms with Gasteiger partial charge in [-0.05, 0) is 30.3 Å². The molecule has 0 amide bonds. The summed E-state index contributed by atoms with van der Waals surface area (Å²) < 4.78 is 47.5. The van der Waals surface area contributed by atoms with Crippen molar-refractivity contribution in [1.29, 1.82) is 0 Å². The maximum Gasteiger partial charge on any atom is 0.396 e. The summed E-state index contributed by atoms with van der Waals surface area (Å²) in [6, 6.07) is 8.69. The normalized spacial score (nSPS) is 11.7. The summed E-state index contributed by atoms with van der Waals surface area (Å²) in [7, 11) is -4.15. The average Bonchev–Trinajstić information content (AvgIpc) is 2.77. The highest BCUT2D eigenvalue weighted by atomic mass is 32.2. The van der Waals surface area contributed by atoms with E-state index >= 15 is 0 Å². The van der Waals surface area contributed by atoms with Crippen LogP contribution in [-0.4, -0.2) is 8.42 Å². The molecule has 1 heterocycles. The standard InChI is InChI=1S/C13H7FO5S2/c14-8-2-1-3-10(6-8)21(16,17)19-9-4-5-12-11(7-9)18-13(15)20-12/h1-7H. The van der Waals surface area contributed by atoms with Crippen molar-refractivity contribution in [2.45, 2.75) is 4.90 Å². The van der Waals surface area contributed by atoms with Crippen molar-refractivity contribution < 1.29 is 21.4 Å². The first kappa shape index (κ1) is 13.8. The van der Waals surface area contributed by atoms with E-state index in [0.717, 1.165) is 23.5 Å². The molecule has 2 aromatic carbocycles. The lowest BCUT2D eigenvalue weighted by atomic mass is 10.3. The van der Waals surface area contributed by atoms with Gasteiger partial charge in [0.2, 0.25) is 0 Å². The molecule has 0 atom stereocenters. The Bertz CT molecular complexity index is 971. The van der Waals surface area contributed by atoms with E-state index in [1.807, 2.05) is 0 Å². The van der Waals surface area contributed by atoms with Crippen molar-refractivity contribution >= 4 is 31.7 Å². The van der Waals surface area contributed by atoms with E-state index in [-0.39, 0.29) is 16.2 Å². The van der Waals surface area contributed by atoms with E-state index in [9.17, 15) is 17.6 Å². The summed E-state index contributed by atoms with van der Waals surface area (Å²) in [6.07, 6.45) is 0. The molecule has 108 valence electrons. The summed E-state index contributed by atoms with van der Waals surface area (Å²) in [4.78, 5) is 10.3. The largest absolute Gasteiger partial charge is 0.414 e. The van der Waals surface area contributed by atoms with Crippen molar-refractivity contribution in [1.82, 2.24) is 0 Å². The Hall–Kier alpha value is -2.19. The van der Waals surface area contributed by atoms with E-state index in [0.29, 0.717) is 4.70 Å². The van der Waals surface area contributed by atoms with Crippen molar-refractivity contribution in [3.05, 3.63) is 58.0 Å². The Morgan fingerprint density at radius 1 is 1.14 bits per heavy atom. The van der Waals surface area contributed by atoms with Crippen molar-refractivity contribution in [2.75, 3.05) is 0 Å². The maximum absolute atomic E-state index is 13.1. The van der Waals surface area contributed by atoms with Gasteiger partial charge in [-0.2, -0.15) is 8.42 Å². The molecule has 3 aromatic rings. The Kier molecular flexibility index (Phi) is 3.26. The van der Waals surface area contributed by atoms with E-state index in [1.54, 1.807) is 0 Å². The molecule has 0 fully saturated rings. The lowest BCUT2D eigenvalue weighted by Gasteiger charge is -2.06. The van der Waals surface area contributed by atoms with E-state index in [4.69, 9.17) is 8.60 Å². The molecule has 5 nitrogen and oxygen atoms in total. The lowest BCUT2D eigenvalue weighted by Crippen LogP contribution is -2.09. The van der Waals surface area contributed by atoms with Crippen LogP contribution in [0.2, 0.25) is 0 Å². The highest BCUT2D eigenvalue weighted by Gasteiger charge is 2.18. The van der Waals surface area contributed by atoms with Crippen LogP contribution < -0.4 is 9.12 Å². The molecule has 0 bridgehead atoms. The first-order valence-corrected chi connectivity index (χ1v) is 7.90. The first-order chi connectivity index (χ1) is 9.94. The van der Waals surface area contributed by atoms with Crippen molar-refractivity contribution in [2.24, 2.45) is 0 Å². The minimum atomic E-state index is -4.15. The molecule has 0 aliphatic rings. The second kappa shape index (κ2) is 4.97. The molecule has 0 radical (unpaired) electrons. The third kappa shape index (κ3) is 2.81. The van der Waals surface area contributed by atoms with E-state index < -0.39 is 20.9 Å². The van der Waals surface area contributed by atoms with Crippen LogP contribution in [0, 0.1) is 5.82 Å². The van der Waals surface area contributed by atoms with Gasteiger partial charge in [-0.1, -0.05) is 17.4 Å². The van der Waals surface area contributed by atoms with Crippen LogP contribution in [0.15, 0.2) is 56.6 Å². The number of hydrogen-bond acceptors (Lipinski definition) is 6. The van der Waals surface area contributed by atoms with E-state index in [1.165, 1.54) is 30.3 Å². The molecule has 1 aromatic heterocycles. The Balaban J connectivity index is 1.98. The number of benzene rings is 2. The number of hydrogen-bond donors (Lipinski definition) is 0. The highest BCUT2D eigenvalue weighted by Crippen LogP contribution is 2.25. The second-order valence-electron chi connectivity index (χ2n) is 4.06. The average molecular weight is 326 g/mol. The molecule has 0 saturated carbocycles. The fraction of sp³-hybridized carbons (Fsp3) is 0.